The van der Waals surface area contributed by atoms with Gasteiger partial charge in [0.1, 0.15) is 0 Å². The number of aromatic nitrogens is 5. The van der Waals surface area contributed by atoms with Crippen LogP contribution in [0.5, 0.6) is 0 Å². The van der Waals surface area contributed by atoms with E-state index in [0.29, 0.717) is 29.2 Å². The van der Waals surface area contributed by atoms with Crippen LogP contribution < -0.4 is 5.73 Å². The van der Waals surface area contributed by atoms with Gasteiger partial charge in [-0.05, 0) is 26.0 Å². The Bertz CT molecular complexity index is 718. The van der Waals surface area contributed by atoms with Crippen molar-refractivity contribution in [1.29, 1.82) is 0 Å². The maximum Gasteiger partial charge on any atom is 0.283 e. The van der Waals surface area contributed by atoms with Gasteiger partial charge in [0.05, 0.1) is 12.0 Å². The number of nitrogens with two attached hydrogens (primary N) is 1. The number of rotatable bonds is 5. The molecule has 0 radical (unpaired) electrons. The van der Waals surface area contributed by atoms with Crippen LogP contribution in [-0.4, -0.2) is 25.0 Å². The smallest absolute Gasteiger partial charge is 0.283 e. The molecule has 0 aliphatic heterocycles. The van der Waals surface area contributed by atoms with E-state index in [1.807, 2.05) is 18.4 Å². The summed E-state index contributed by atoms with van der Waals surface area (Å²) in [6, 6.07) is 3.71. The van der Waals surface area contributed by atoms with Crippen LogP contribution in [0.1, 0.15) is 25.8 Å². The summed E-state index contributed by atoms with van der Waals surface area (Å²) in [6.07, 6.45) is 1.56. The van der Waals surface area contributed by atoms with Gasteiger partial charge in [0.25, 0.3) is 5.89 Å². The Balaban J connectivity index is 1.71. The van der Waals surface area contributed by atoms with Gasteiger partial charge in [-0.3, -0.25) is 4.57 Å². The number of nitrogens with zero attached hydrogens (tertiary/aromatic N) is 5. The van der Waals surface area contributed by atoms with E-state index in [4.69, 9.17) is 14.6 Å². The van der Waals surface area contributed by atoms with E-state index in [-0.39, 0.29) is 6.04 Å². The van der Waals surface area contributed by atoms with Gasteiger partial charge in [0.15, 0.2) is 10.9 Å². The summed E-state index contributed by atoms with van der Waals surface area (Å²) in [5.74, 6) is 2.28. The van der Waals surface area contributed by atoms with Crippen LogP contribution in [-0.2, 0) is 5.75 Å². The van der Waals surface area contributed by atoms with Gasteiger partial charge in [-0.2, -0.15) is 0 Å². The van der Waals surface area contributed by atoms with Gasteiger partial charge < -0.3 is 14.6 Å². The van der Waals surface area contributed by atoms with Crippen molar-refractivity contribution in [3.05, 3.63) is 24.3 Å². The highest BCUT2D eigenvalue weighted by molar-refractivity contribution is 7.98. The molecule has 0 spiro atoms. The zero-order chi connectivity index (χ0) is 14.8. The molecule has 8 nitrogen and oxygen atoms in total. The molecule has 0 aromatic carbocycles. The van der Waals surface area contributed by atoms with E-state index in [2.05, 4.69) is 20.4 Å². The highest BCUT2D eigenvalue weighted by Crippen LogP contribution is 2.26. The lowest BCUT2D eigenvalue weighted by Gasteiger charge is -2.10. The number of hydrogen-bond acceptors (Lipinski definition) is 8. The fraction of sp³-hybridized carbons (Fsp3) is 0.333. The molecule has 21 heavy (non-hydrogen) atoms. The molecule has 0 fully saturated rings. The van der Waals surface area contributed by atoms with Crippen molar-refractivity contribution in [2.24, 2.45) is 0 Å². The maximum absolute atomic E-state index is 5.79. The van der Waals surface area contributed by atoms with E-state index in [9.17, 15) is 0 Å². The number of furan rings is 1. The quantitative estimate of drug-likeness (QED) is 0.715. The molecule has 2 N–H and O–H groups in total. The molecule has 0 saturated carbocycles. The van der Waals surface area contributed by atoms with Crippen molar-refractivity contribution < 1.29 is 8.83 Å². The number of hydrogen-bond donors (Lipinski definition) is 1. The fourth-order valence-corrected chi connectivity index (χ4v) is 2.72. The summed E-state index contributed by atoms with van der Waals surface area (Å²) in [4.78, 5) is 0. The third-order valence-electron chi connectivity index (χ3n) is 2.73. The lowest BCUT2D eigenvalue weighted by Crippen LogP contribution is -2.07. The molecule has 9 heteroatoms. The molecule has 3 aromatic heterocycles. The van der Waals surface area contributed by atoms with Crippen LogP contribution in [0.3, 0.4) is 0 Å². The molecule has 0 aliphatic carbocycles. The molecule has 3 aromatic rings. The predicted octanol–water partition coefficient (Wildman–Crippen LogP) is 2.38. The highest BCUT2D eigenvalue weighted by atomic mass is 32.2. The van der Waals surface area contributed by atoms with Gasteiger partial charge in [-0.15, -0.1) is 20.4 Å². The first-order chi connectivity index (χ1) is 10.1. The second-order valence-corrected chi connectivity index (χ2v) is 5.51. The lowest BCUT2D eigenvalue weighted by atomic mass is 10.4. The maximum atomic E-state index is 5.79. The van der Waals surface area contributed by atoms with Gasteiger partial charge in [-0.25, -0.2) is 0 Å². The SMILES string of the molecule is CC(C)n1c(N)nnc1SCc1nnc(-c2ccco2)o1. The van der Waals surface area contributed by atoms with Crippen molar-refractivity contribution in [3.8, 4) is 11.7 Å². The van der Waals surface area contributed by atoms with E-state index < -0.39 is 0 Å². The van der Waals surface area contributed by atoms with Crippen molar-refractivity contribution in [1.82, 2.24) is 25.0 Å². The second kappa shape index (κ2) is 5.60. The third kappa shape index (κ3) is 2.77. The minimum absolute atomic E-state index is 0.184. The Morgan fingerprint density at radius 1 is 1.29 bits per heavy atom. The molecule has 0 bridgehead atoms. The summed E-state index contributed by atoms with van der Waals surface area (Å²) in [7, 11) is 0. The van der Waals surface area contributed by atoms with E-state index in [0.717, 1.165) is 5.16 Å². The van der Waals surface area contributed by atoms with Gasteiger partial charge in [0, 0.05) is 6.04 Å². The number of thioether (sulfide) groups is 1. The zero-order valence-corrected chi connectivity index (χ0v) is 12.4. The molecule has 0 saturated heterocycles. The molecule has 0 aliphatic rings. The minimum atomic E-state index is 0.184. The highest BCUT2D eigenvalue weighted by Gasteiger charge is 2.15. The molecule has 3 rings (SSSR count). The Morgan fingerprint density at radius 2 is 2.14 bits per heavy atom. The largest absolute Gasteiger partial charge is 0.459 e. The molecule has 3 heterocycles. The average molecular weight is 306 g/mol. The zero-order valence-electron chi connectivity index (χ0n) is 11.6. The van der Waals surface area contributed by atoms with E-state index in [1.165, 1.54) is 11.8 Å². The van der Waals surface area contributed by atoms with Gasteiger partial charge in [0.2, 0.25) is 11.8 Å². The van der Waals surface area contributed by atoms with Crippen LogP contribution >= 0.6 is 11.8 Å². The monoisotopic (exact) mass is 306 g/mol. The summed E-state index contributed by atoms with van der Waals surface area (Å²) in [5.41, 5.74) is 5.79. The number of anilines is 1. The van der Waals surface area contributed by atoms with Crippen LogP contribution in [0.2, 0.25) is 0 Å². The van der Waals surface area contributed by atoms with Crippen LogP contribution in [0, 0.1) is 0 Å². The van der Waals surface area contributed by atoms with Crippen LogP contribution in [0.4, 0.5) is 5.95 Å². The summed E-state index contributed by atoms with van der Waals surface area (Å²) in [5, 5.41) is 16.6. The lowest BCUT2D eigenvalue weighted by molar-refractivity contribution is 0.493. The van der Waals surface area contributed by atoms with Crippen LogP contribution in [0.25, 0.3) is 11.7 Å². The van der Waals surface area contributed by atoms with Crippen molar-refractivity contribution in [2.45, 2.75) is 30.8 Å². The van der Waals surface area contributed by atoms with Crippen LogP contribution in [0.15, 0.2) is 32.4 Å². The second-order valence-electron chi connectivity index (χ2n) is 4.57. The summed E-state index contributed by atoms with van der Waals surface area (Å²) >= 11 is 1.44. The van der Waals surface area contributed by atoms with Crippen molar-refractivity contribution in [2.75, 3.05) is 5.73 Å². The molecule has 0 amide bonds. The average Bonchev–Trinajstić information content (AvgIpc) is 3.16. The summed E-state index contributed by atoms with van der Waals surface area (Å²) < 4.78 is 12.6. The van der Waals surface area contributed by atoms with Crippen molar-refractivity contribution in [3.63, 3.8) is 0 Å². The topological polar surface area (TPSA) is 109 Å². The standard InChI is InChI=1S/C12H14N6O2S/c1-7(2)18-11(13)16-17-12(18)21-6-9-14-15-10(20-9)8-4-3-5-19-8/h3-5,7H,6H2,1-2H3,(H2,13,16). The first-order valence-electron chi connectivity index (χ1n) is 6.34. The Hall–Kier alpha value is -2.29. The van der Waals surface area contributed by atoms with Gasteiger partial charge >= 0.3 is 0 Å². The minimum Gasteiger partial charge on any atom is -0.459 e. The molecular weight excluding hydrogens is 292 g/mol. The van der Waals surface area contributed by atoms with Gasteiger partial charge in [-0.1, -0.05) is 11.8 Å². The molecule has 0 unspecified atom stereocenters. The first-order valence-corrected chi connectivity index (χ1v) is 7.33. The van der Waals surface area contributed by atoms with E-state index >= 15 is 0 Å². The predicted molar refractivity (Wildman–Crippen MR) is 76.4 cm³/mol. The van der Waals surface area contributed by atoms with Crippen molar-refractivity contribution >= 4 is 17.7 Å². The van der Waals surface area contributed by atoms with E-state index in [1.54, 1.807) is 18.4 Å². The Kier molecular flexibility index (Phi) is 3.65. The molecule has 0 atom stereocenters. The summed E-state index contributed by atoms with van der Waals surface area (Å²) in [6.45, 7) is 4.04. The Labute approximate surface area is 124 Å². The normalized spacial score (nSPS) is 11.4. The number of nitrogen functional groups attached to an aromatic ring is 1. The molecule has 110 valence electrons. The fourth-order valence-electron chi connectivity index (χ4n) is 1.81. The first kappa shape index (κ1) is 13.7. The molecular formula is C12H14N6O2S. The third-order valence-corrected chi connectivity index (χ3v) is 3.66. The Morgan fingerprint density at radius 3 is 2.86 bits per heavy atom.